The van der Waals surface area contributed by atoms with E-state index in [4.69, 9.17) is 5.73 Å². The average molecular weight is 357 g/mol. The summed E-state index contributed by atoms with van der Waals surface area (Å²) in [6.45, 7) is 6.19. The Morgan fingerprint density at radius 2 is 2.08 bits per heavy atom. The number of aryl methyl sites for hydroxylation is 1. The van der Waals surface area contributed by atoms with Crippen LogP contribution < -0.4 is 16.6 Å². The molecule has 26 heavy (non-hydrogen) atoms. The third-order valence-corrected chi connectivity index (χ3v) is 4.91. The number of aromatic amines is 1. The first kappa shape index (κ1) is 19.8. The van der Waals surface area contributed by atoms with Gasteiger partial charge in [0.25, 0.3) is 5.56 Å². The van der Waals surface area contributed by atoms with Crippen LogP contribution in [-0.4, -0.2) is 32.9 Å². The molecule has 2 aromatic rings. The molecule has 0 aliphatic carbocycles. The van der Waals surface area contributed by atoms with Gasteiger partial charge in [-0.25, -0.2) is 4.98 Å². The number of carbonyl (C=O) groups is 1. The van der Waals surface area contributed by atoms with Crippen LogP contribution >= 0.6 is 0 Å². The van der Waals surface area contributed by atoms with Crippen LogP contribution in [-0.2, 0) is 11.2 Å². The van der Waals surface area contributed by atoms with Crippen molar-refractivity contribution < 1.29 is 4.79 Å². The van der Waals surface area contributed by atoms with Crippen molar-refractivity contribution in [1.82, 2.24) is 20.3 Å². The quantitative estimate of drug-likeness (QED) is 0.665. The van der Waals surface area contributed by atoms with Crippen LogP contribution in [0, 0.1) is 6.92 Å². The number of pyridine rings is 1. The van der Waals surface area contributed by atoms with Crippen molar-refractivity contribution in [2.75, 3.05) is 6.54 Å². The molecule has 0 aliphatic rings. The van der Waals surface area contributed by atoms with Gasteiger partial charge in [-0.1, -0.05) is 13.8 Å². The maximum Gasteiger partial charge on any atom is 0.254 e. The number of nitrogens with one attached hydrogen (secondary N) is 2. The van der Waals surface area contributed by atoms with Crippen molar-refractivity contribution in [3.05, 3.63) is 46.1 Å². The summed E-state index contributed by atoms with van der Waals surface area (Å²) >= 11 is 0. The molecule has 7 nitrogen and oxygen atoms in total. The summed E-state index contributed by atoms with van der Waals surface area (Å²) in [4.78, 5) is 36.0. The highest BCUT2D eigenvalue weighted by atomic mass is 16.1. The molecule has 0 fully saturated rings. The van der Waals surface area contributed by atoms with Crippen LogP contribution in [0.1, 0.15) is 44.4 Å². The number of hydrogen-bond donors (Lipinski definition) is 3. The Morgan fingerprint density at radius 3 is 2.62 bits per heavy atom. The molecule has 1 amide bonds. The number of carbonyl (C=O) groups excluding carboxylic acids is 1. The van der Waals surface area contributed by atoms with Gasteiger partial charge in [0, 0.05) is 42.2 Å². The van der Waals surface area contributed by atoms with Crippen molar-refractivity contribution in [3.63, 3.8) is 0 Å². The molecule has 0 spiro atoms. The maximum atomic E-state index is 12.4. The van der Waals surface area contributed by atoms with Crippen molar-refractivity contribution in [1.29, 1.82) is 0 Å². The van der Waals surface area contributed by atoms with Gasteiger partial charge in [0.2, 0.25) is 5.91 Å². The van der Waals surface area contributed by atoms with Gasteiger partial charge in [0.15, 0.2) is 0 Å². The standard InChI is InChI=1S/C19H27N5O2/c1-4-19(5-2,12-20)24-16(25)9-8-15-13(3)22-17(23-18(15)26)14-7-6-10-21-11-14/h6-7,10-11H,4-5,8-9,12,20H2,1-3H3,(H,24,25)(H,22,23,26). The van der Waals surface area contributed by atoms with E-state index in [0.29, 0.717) is 30.0 Å². The second kappa shape index (κ2) is 8.71. The molecular formula is C19H27N5O2. The molecule has 0 aliphatic heterocycles. The molecule has 0 aromatic carbocycles. The van der Waals surface area contributed by atoms with Gasteiger partial charge in [-0.05, 0) is 38.3 Å². The van der Waals surface area contributed by atoms with E-state index in [0.717, 1.165) is 18.4 Å². The second-order valence-electron chi connectivity index (χ2n) is 6.46. The van der Waals surface area contributed by atoms with E-state index in [1.165, 1.54) is 0 Å². The van der Waals surface area contributed by atoms with Crippen LogP contribution in [0.4, 0.5) is 0 Å². The zero-order valence-corrected chi connectivity index (χ0v) is 15.6. The Balaban J connectivity index is 2.11. The van der Waals surface area contributed by atoms with Gasteiger partial charge in [-0.2, -0.15) is 0 Å². The van der Waals surface area contributed by atoms with Crippen LogP contribution in [0.3, 0.4) is 0 Å². The Hall–Kier alpha value is -2.54. The first-order valence-corrected chi connectivity index (χ1v) is 8.96. The lowest BCUT2D eigenvalue weighted by molar-refractivity contribution is -0.123. The van der Waals surface area contributed by atoms with Gasteiger partial charge in [-0.15, -0.1) is 0 Å². The summed E-state index contributed by atoms with van der Waals surface area (Å²) in [6, 6.07) is 3.62. The number of amides is 1. The average Bonchev–Trinajstić information content (AvgIpc) is 2.66. The highest BCUT2D eigenvalue weighted by molar-refractivity contribution is 5.77. The van der Waals surface area contributed by atoms with Crippen LogP contribution in [0.15, 0.2) is 29.3 Å². The molecule has 0 atom stereocenters. The molecule has 2 aromatic heterocycles. The molecular weight excluding hydrogens is 330 g/mol. The zero-order valence-electron chi connectivity index (χ0n) is 15.6. The number of aromatic nitrogens is 3. The Morgan fingerprint density at radius 1 is 1.35 bits per heavy atom. The predicted molar refractivity (Wildman–Crippen MR) is 102 cm³/mol. The normalized spacial score (nSPS) is 11.4. The monoisotopic (exact) mass is 357 g/mol. The van der Waals surface area contributed by atoms with E-state index < -0.39 is 0 Å². The van der Waals surface area contributed by atoms with E-state index >= 15 is 0 Å². The highest BCUT2D eigenvalue weighted by Gasteiger charge is 2.26. The molecule has 0 radical (unpaired) electrons. The largest absolute Gasteiger partial charge is 0.349 e. The third kappa shape index (κ3) is 4.54. The minimum absolute atomic E-state index is 0.103. The smallest absolute Gasteiger partial charge is 0.254 e. The number of rotatable bonds is 8. The van der Waals surface area contributed by atoms with Gasteiger partial charge in [0.05, 0.1) is 5.54 Å². The van der Waals surface area contributed by atoms with Crippen LogP contribution in [0.25, 0.3) is 11.4 Å². The minimum atomic E-state index is -0.374. The molecule has 2 rings (SSSR count). The highest BCUT2D eigenvalue weighted by Crippen LogP contribution is 2.15. The van der Waals surface area contributed by atoms with Crippen LogP contribution in [0.2, 0.25) is 0 Å². The molecule has 0 saturated carbocycles. The Bertz CT molecular complexity index is 789. The van der Waals surface area contributed by atoms with E-state index in [2.05, 4.69) is 20.3 Å². The lowest BCUT2D eigenvalue weighted by Crippen LogP contribution is -2.53. The van der Waals surface area contributed by atoms with E-state index in [-0.39, 0.29) is 23.4 Å². The number of H-pyrrole nitrogens is 1. The number of nitrogens with two attached hydrogens (primary N) is 1. The summed E-state index contributed by atoms with van der Waals surface area (Å²) in [5.74, 6) is 0.377. The summed E-state index contributed by atoms with van der Waals surface area (Å²) in [5.41, 5.74) is 7.12. The maximum absolute atomic E-state index is 12.4. The third-order valence-electron chi connectivity index (χ3n) is 4.91. The summed E-state index contributed by atoms with van der Waals surface area (Å²) in [7, 11) is 0. The lowest BCUT2D eigenvalue weighted by Gasteiger charge is -2.31. The molecule has 0 bridgehead atoms. The zero-order chi connectivity index (χ0) is 19.2. The van der Waals surface area contributed by atoms with E-state index in [1.54, 1.807) is 25.4 Å². The van der Waals surface area contributed by atoms with Gasteiger partial charge in [-0.3, -0.25) is 14.6 Å². The first-order valence-electron chi connectivity index (χ1n) is 8.96. The summed E-state index contributed by atoms with van der Waals surface area (Å²) in [5, 5.41) is 3.02. The fraction of sp³-hybridized carbons (Fsp3) is 0.474. The molecule has 2 heterocycles. The van der Waals surface area contributed by atoms with Gasteiger partial charge in [0.1, 0.15) is 5.82 Å². The van der Waals surface area contributed by atoms with E-state index in [9.17, 15) is 9.59 Å². The van der Waals surface area contributed by atoms with Crippen LogP contribution in [0.5, 0.6) is 0 Å². The number of nitrogens with zero attached hydrogens (tertiary/aromatic N) is 2. The van der Waals surface area contributed by atoms with Gasteiger partial charge < -0.3 is 16.0 Å². The summed E-state index contributed by atoms with van der Waals surface area (Å²) in [6.07, 6.45) is 5.41. The predicted octanol–water partition coefficient (Wildman–Crippen LogP) is 1.71. The van der Waals surface area contributed by atoms with Crippen molar-refractivity contribution in [2.24, 2.45) is 5.73 Å². The van der Waals surface area contributed by atoms with Gasteiger partial charge >= 0.3 is 0 Å². The van der Waals surface area contributed by atoms with Crippen molar-refractivity contribution in [2.45, 2.75) is 52.0 Å². The minimum Gasteiger partial charge on any atom is -0.349 e. The Kier molecular flexibility index (Phi) is 6.63. The Labute approximate surface area is 153 Å². The lowest BCUT2D eigenvalue weighted by atomic mass is 9.92. The molecule has 4 N–H and O–H groups in total. The first-order chi connectivity index (χ1) is 12.4. The molecule has 0 saturated heterocycles. The van der Waals surface area contributed by atoms with Crippen molar-refractivity contribution >= 4 is 5.91 Å². The fourth-order valence-electron chi connectivity index (χ4n) is 2.91. The molecule has 7 heteroatoms. The number of hydrogen-bond acceptors (Lipinski definition) is 5. The molecule has 140 valence electrons. The summed E-state index contributed by atoms with van der Waals surface area (Å²) < 4.78 is 0. The van der Waals surface area contributed by atoms with Crippen molar-refractivity contribution in [3.8, 4) is 11.4 Å². The second-order valence-corrected chi connectivity index (χ2v) is 6.46. The molecule has 0 unspecified atom stereocenters. The topological polar surface area (TPSA) is 114 Å². The van der Waals surface area contributed by atoms with E-state index in [1.807, 2.05) is 19.9 Å². The fourth-order valence-corrected chi connectivity index (χ4v) is 2.91. The SMILES string of the molecule is CCC(CC)(CN)NC(=O)CCc1c(C)nc(-c2cccnc2)[nH]c1=O.